The summed E-state index contributed by atoms with van der Waals surface area (Å²) in [5.41, 5.74) is 5.87. The van der Waals surface area contributed by atoms with Crippen LogP contribution in [0.5, 0.6) is 0 Å². The highest BCUT2D eigenvalue weighted by molar-refractivity contribution is 7.16. The van der Waals surface area contributed by atoms with Crippen LogP contribution in [0, 0.1) is 5.92 Å². The average Bonchev–Trinajstić information content (AvgIpc) is 2.73. The highest BCUT2D eigenvalue weighted by atomic mass is 35.5. The van der Waals surface area contributed by atoms with Crippen molar-refractivity contribution in [2.24, 2.45) is 11.7 Å². The topological polar surface area (TPSA) is 55.1 Å². The van der Waals surface area contributed by atoms with Gasteiger partial charge in [0.2, 0.25) is 5.91 Å². The fraction of sp³-hybridized carbons (Fsp3) is 0.583. The molecule has 1 rings (SSSR count). The first-order valence-corrected chi connectivity index (χ1v) is 6.96. The molecule has 17 heavy (non-hydrogen) atoms. The van der Waals surface area contributed by atoms with Crippen LogP contribution in [0.3, 0.4) is 0 Å². The number of rotatable bonds is 5. The summed E-state index contributed by atoms with van der Waals surface area (Å²) in [4.78, 5) is 12.9. The maximum absolute atomic E-state index is 11.9. The van der Waals surface area contributed by atoms with Crippen LogP contribution in [-0.2, 0) is 4.79 Å². The summed E-state index contributed by atoms with van der Waals surface area (Å²) in [6, 6.07) is 3.26. The van der Waals surface area contributed by atoms with Crippen molar-refractivity contribution in [3.8, 4) is 0 Å². The van der Waals surface area contributed by atoms with Gasteiger partial charge in [0, 0.05) is 4.88 Å². The van der Waals surface area contributed by atoms with Gasteiger partial charge >= 0.3 is 0 Å². The summed E-state index contributed by atoms with van der Waals surface area (Å²) in [7, 11) is 0. The molecule has 0 bridgehead atoms. The molecule has 0 aromatic carbocycles. The number of halogens is 1. The van der Waals surface area contributed by atoms with E-state index >= 15 is 0 Å². The number of carbonyl (C=O) groups is 1. The van der Waals surface area contributed by atoms with Gasteiger partial charge in [-0.2, -0.15) is 0 Å². The van der Waals surface area contributed by atoms with Crippen LogP contribution in [0.15, 0.2) is 12.1 Å². The molecule has 1 amide bonds. The van der Waals surface area contributed by atoms with Gasteiger partial charge in [-0.05, 0) is 25.0 Å². The third-order valence-electron chi connectivity index (χ3n) is 2.94. The molecular formula is C12H19ClN2OS. The zero-order valence-electron chi connectivity index (χ0n) is 10.4. The molecule has 3 nitrogen and oxygen atoms in total. The van der Waals surface area contributed by atoms with E-state index in [2.05, 4.69) is 5.32 Å². The number of hydrogen-bond donors (Lipinski definition) is 2. The van der Waals surface area contributed by atoms with Gasteiger partial charge in [-0.15, -0.1) is 11.3 Å². The monoisotopic (exact) mass is 274 g/mol. The van der Waals surface area contributed by atoms with Crippen LogP contribution in [-0.4, -0.2) is 11.9 Å². The molecule has 96 valence electrons. The predicted molar refractivity (Wildman–Crippen MR) is 73.3 cm³/mol. The number of carbonyl (C=O) groups excluding carboxylic acids is 1. The Bertz CT molecular complexity index is 380. The minimum absolute atomic E-state index is 0.0462. The second-order valence-corrected chi connectivity index (χ2v) is 6.03. The summed E-state index contributed by atoms with van der Waals surface area (Å²) < 4.78 is 0.729. The number of hydrogen-bond acceptors (Lipinski definition) is 3. The van der Waals surface area contributed by atoms with Gasteiger partial charge in [0.25, 0.3) is 0 Å². The Hall–Kier alpha value is -0.580. The normalized spacial score (nSPS) is 16.3. The zero-order valence-corrected chi connectivity index (χ0v) is 11.9. The van der Waals surface area contributed by atoms with E-state index in [0.717, 1.165) is 15.6 Å². The quantitative estimate of drug-likeness (QED) is 0.867. The second kappa shape index (κ2) is 6.38. The highest BCUT2D eigenvalue weighted by Gasteiger charge is 2.21. The Morgan fingerprint density at radius 2 is 2.18 bits per heavy atom. The number of nitrogens with one attached hydrogen (secondary N) is 1. The molecule has 0 spiro atoms. The Morgan fingerprint density at radius 3 is 2.65 bits per heavy atom. The smallest absolute Gasteiger partial charge is 0.237 e. The van der Waals surface area contributed by atoms with Crippen molar-refractivity contribution in [1.82, 2.24) is 5.32 Å². The molecule has 0 saturated heterocycles. The van der Waals surface area contributed by atoms with Crippen molar-refractivity contribution in [1.29, 1.82) is 0 Å². The van der Waals surface area contributed by atoms with E-state index in [1.165, 1.54) is 11.3 Å². The van der Waals surface area contributed by atoms with Gasteiger partial charge in [0.1, 0.15) is 0 Å². The van der Waals surface area contributed by atoms with Gasteiger partial charge in [-0.25, -0.2) is 0 Å². The molecule has 1 unspecified atom stereocenters. The summed E-state index contributed by atoms with van der Waals surface area (Å²) >= 11 is 7.33. The van der Waals surface area contributed by atoms with Crippen molar-refractivity contribution in [2.75, 3.05) is 0 Å². The maximum atomic E-state index is 11.9. The second-order valence-electron chi connectivity index (χ2n) is 4.28. The van der Waals surface area contributed by atoms with Gasteiger partial charge in [-0.3, -0.25) is 4.79 Å². The van der Waals surface area contributed by atoms with Crippen molar-refractivity contribution in [3.63, 3.8) is 0 Å². The molecule has 0 radical (unpaired) electrons. The van der Waals surface area contributed by atoms with E-state index < -0.39 is 6.04 Å². The third-order valence-corrected chi connectivity index (χ3v) is 4.35. The van der Waals surface area contributed by atoms with E-state index in [9.17, 15) is 4.79 Å². The first-order chi connectivity index (χ1) is 7.95. The Morgan fingerprint density at radius 1 is 1.53 bits per heavy atom. The fourth-order valence-corrected chi connectivity index (χ4v) is 2.52. The van der Waals surface area contributed by atoms with Crippen LogP contribution in [0.25, 0.3) is 0 Å². The summed E-state index contributed by atoms with van der Waals surface area (Å²) in [5, 5.41) is 2.91. The lowest BCUT2D eigenvalue weighted by Gasteiger charge is -2.20. The number of nitrogens with two attached hydrogens (primary N) is 1. The average molecular weight is 275 g/mol. The van der Waals surface area contributed by atoms with Crippen molar-refractivity contribution >= 4 is 28.8 Å². The molecule has 3 atom stereocenters. The lowest BCUT2D eigenvalue weighted by molar-refractivity contribution is -0.124. The van der Waals surface area contributed by atoms with E-state index in [1.807, 2.05) is 32.9 Å². The standard InChI is InChI=1S/C12H19ClN2OS/c1-4-7(2)11(14)12(16)15-8(3)9-5-6-10(13)17-9/h5-8,11H,4,14H2,1-3H3,(H,15,16)/t7-,8?,11-/m0/s1. The highest BCUT2D eigenvalue weighted by Crippen LogP contribution is 2.26. The summed E-state index contributed by atoms with van der Waals surface area (Å²) in [6.45, 7) is 5.95. The van der Waals surface area contributed by atoms with Crippen LogP contribution >= 0.6 is 22.9 Å². The van der Waals surface area contributed by atoms with Crippen LogP contribution in [0.2, 0.25) is 4.34 Å². The molecule has 0 aliphatic carbocycles. The first kappa shape index (κ1) is 14.5. The van der Waals surface area contributed by atoms with E-state index in [4.69, 9.17) is 17.3 Å². The third kappa shape index (κ3) is 3.98. The number of thiophene rings is 1. The summed E-state index contributed by atoms with van der Waals surface area (Å²) in [6.07, 6.45) is 0.897. The van der Waals surface area contributed by atoms with Crippen molar-refractivity contribution in [2.45, 2.75) is 39.3 Å². The summed E-state index contributed by atoms with van der Waals surface area (Å²) in [5.74, 6) is 0.0884. The van der Waals surface area contributed by atoms with E-state index in [-0.39, 0.29) is 17.9 Å². The first-order valence-electron chi connectivity index (χ1n) is 5.76. The molecule has 5 heteroatoms. The van der Waals surface area contributed by atoms with Gasteiger partial charge < -0.3 is 11.1 Å². The minimum Gasteiger partial charge on any atom is -0.347 e. The van der Waals surface area contributed by atoms with Gasteiger partial charge in [0.05, 0.1) is 16.4 Å². The zero-order chi connectivity index (χ0) is 13.0. The molecule has 1 aromatic heterocycles. The predicted octanol–water partition coefficient (Wildman–Crippen LogP) is 2.95. The molecule has 0 aliphatic heterocycles. The van der Waals surface area contributed by atoms with Crippen molar-refractivity contribution < 1.29 is 4.79 Å². The van der Waals surface area contributed by atoms with Gasteiger partial charge in [-0.1, -0.05) is 31.9 Å². The molecule has 0 fully saturated rings. The molecule has 0 saturated carbocycles. The largest absolute Gasteiger partial charge is 0.347 e. The molecule has 1 heterocycles. The fourth-order valence-electron chi connectivity index (χ4n) is 1.45. The van der Waals surface area contributed by atoms with Crippen LogP contribution < -0.4 is 11.1 Å². The molecular weight excluding hydrogens is 256 g/mol. The molecule has 0 aliphatic rings. The molecule has 1 aromatic rings. The van der Waals surface area contributed by atoms with Crippen LogP contribution in [0.1, 0.15) is 38.1 Å². The number of amides is 1. The van der Waals surface area contributed by atoms with Crippen molar-refractivity contribution in [3.05, 3.63) is 21.3 Å². The lowest BCUT2D eigenvalue weighted by Crippen LogP contribution is -2.45. The van der Waals surface area contributed by atoms with Gasteiger partial charge in [0.15, 0.2) is 0 Å². The SMILES string of the molecule is CC[C@H](C)[C@H](N)C(=O)NC(C)c1ccc(Cl)s1. The Labute approximate surface area is 111 Å². The Balaban J connectivity index is 2.57. The van der Waals surface area contributed by atoms with E-state index in [0.29, 0.717) is 0 Å². The van der Waals surface area contributed by atoms with Crippen LogP contribution in [0.4, 0.5) is 0 Å². The Kier molecular flexibility index (Phi) is 5.43. The lowest BCUT2D eigenvalue weighted by atomic mass is 9.99. The van der Waals surface area contributed by atoms with E-state index in [1.54, 1.807) is 0 Å². The minimum atomic E-state index is -0.446. The molecule has 3 N–H and O–H groups in total. The maximum Gasteiger partial charge on any atom is 0.237 e.